The van der Waals surface area contributed by atoms with Crippen molar-refractivity contribution in [3.05, 3.63) is 57.8 Å². The van der Waals surface area contributed by atoms with Crippen molar-refractivity contribution in [2.45, 2.75) is 6.92 Å². The molecule has 0 radical (unpaired) electrons. The number of hydrogen-bond acceptors (Lipinski definition) is 4. The van der Waals surface area contributed by atoms with Crippen LogP contribution in [0, 0.1) is 9.39 Å². The first kappa shape index (κ1) is 15.7. The van der Waals surface area contributed by atoms with Gasteiger partial charge in [0.05, 0.1) is 17.8 Å². The summed E-state index contributed by atoms with van der Waals surface area (Å²) in [5.74, 6) is -0.443. The second kappa shape index (κ2) is 6.53. The molecule has 0 saturated heterocycles. The minimum Gasteiger partial charge on any atom is -0.462 e. The minimum atomic E-state index is -0.468. The monoisotopic (exact) mass is 425 g/mol. The predicted octanol–water partition coefficient (Wildman–Crippen LogP) is 4.00. The van der Waals surface area contributed by atoms with Gasteiger partial charge < -0.3 is 10.1 Å². The van der Waals surface area contributed by atoms with Crippen LogP contribution < -0.4 is 5.32 Å². The molecular formula is C16H13FIN3O2. The standard InChI is InChI=1S/C16H13FIN3O2/c1-2-23-16(22)12-8-11-5-6-19-9-21(11)15(12)20-14-4-3-10(18)7-13(14)17/h3-9,20H,2H2,1H3. The van der Waals surface area contributed by atoms with Gasteiger partial charge >= 0.3 is 5.97 Å². The van der Waals surface area contributed by atoms with Crippen LogP contribution in [0.4, 0.5) is 15.9 Å². The van der Waals surface area contributed by atoms with E-state index in [9.17, 15) is 9.18 Å². The van der Waals surface area contributed by atoms with E-state index in [0.717, 1.165) is 9.09 Å². The molecule has 3 aromatic rings. The second-order valence-corrected chi connectivity index (χ2v) is 6.00. The van der Waals surface area contributed by atoms with Gasteiger partial charge in [0.15, 0.2) is 0 Å². The molecule has 2 aromatic heterocycles. The molecule has 0 unspecified atom stereocenters. The number of halogens is 2. The third kappa shape index (κ3) is 3.14. The molecule has 118 valence electrons. The largest absolute Gasteiger partial charge is 0.462 e. The maximum atomic E-state index is 14.1. The van der Waals surface area contributed by atoms with Crippen molar-refractivity contribution in [3.63, 3.8) is 0 Å². The number of ether oxygens (including phenoxy) is 1. The Kier molecular flexibility index (Phi) is 4.46. The van der Waals surface area contributed by atoms with E-state index < -0.39 is 11.8 Å². The van der Waals surface area contributed by atoms with Gasteiger partial charge in [-0.3, -0.25) is 4.40 Å². The summed E-state index contributed by atoms with van der Waals surface area (Å²) in [6, 6.07) is 8.28. The Morgan fingerprint density at radius 2 is 2.22 bits per heavy atom. The first-order chi connectivity index (χ1) is 11.1. The molecule has 23 heavy (non-hydrogen) atoms. The van der Waals surface area contributed by atoms with Crippen LogP contribution in [-0.2, 0) is 4.74 Å². The van der Waals surface area contributed by atoms with Crippen LogP contribution in [0.1, 0.15) is 17.3 Å². The Hall–Kier alpha value is -2.16. The summed E-state index contributed by atoms with van der Waals surface area (Å²) in [6.07, 6.45) is 3.19. The third-order valence-electron chi connectivity index (χ3n) is 3.26. The molecule has 2 heterocycles. The maximum Gasteiger partial charge on any atom is 0.341 e. The highest BCUT2D eigenvalue weighted by Gasteiger charge is 2.19. The third-order valence-corrected chi connectivity index (χ3v) is 3.93. The molecule has 0 aliphatic heterocycles. The van der Waals surface area contributed by atoms with E-state index in [1.54, 1.807) is 48.1 Å². The Morgan fingerprint density at radius 3 is 2.96 bits per heavy atom. The summed E-state index contributed by atoms with van der Waals surface area (Å²) < 4.78 is 21.7. The fourth-order valence-electron chi connectivity index (χ4n) is 2.23. The molecule has 0 fully saturated rings. The van der Waals surface area contributed by atoms with Crippen molar-refractivity contribution in [1.29, 1.82) is 0 Å². The number of benzene rings is 1. The number of nitrogens with one attached hydrogen (secondary N) is 1. The minimum absolute atomic E-state index is 0.264. The molecule has 1 N–H and O–H groups in total. The van der Waals surface area contributed by atoms with Crippen molar-refractivity contribution in [2.24, 2.45) is 0 Å². The van der Waals surface area contributed by atoms with Gasteiger partial charge in [-0.05, 0) is 59.8 Å². The maximum absolute atomic E-state index is 14.1. The molecule has 3 rings (SSSR count). The molecule has 0 aliphatic carbocycles. The summed E-state index contributed by atoms with van der Waals surface area (Å²) in [6.45, 7) is 2.00. The molecule has 0 spiro atoms. The average molecular weight is 425 g/mol. The van der Waals surface area contributed by atoms with Crippen LogP contribution >= 0.6 is 22.6 Å². The highest BCUT2D eigenvalue weighted by Crippen LogP contribution is 2.27. The number of carbonyl (C=O) groups is 1. The van der Waals surface area contributed by atoms with Crippen LogP contribution in [0.3, 0.4) is 0 Å². The second-order valence-electron chi connectivity index (χ2n) is 4.75. The summed E-state index contributed by atoms with van der Waals surface area (Å²) in [7, 11) is 0. The van der Waals surface area contributed by atoms with Gasteiger partial charge in [0.1, 0.15) is 23.5 Å². The Balaban J connectivity index is 2.10. The molecule has 0 saturated carbocycles. The molecule has 7 heteroatoms. The van der Waals surface area contributed by atoms with Crippen LogP contribution in [0.15, 0.2) is 42.9 Å². The normalized spacial score (nSPS) is 10.7. The predicted molar refractivity (Wildman–Crippen MR) is 93.5 cm³/mol. The quantitative estimate of drug-likeness (QED) is 0.508. The molecule has 0 bridgehead atoms. The zero-order valence-electron chi connectivity index (χ0n) is 12.2. The van der Waals surface area contributed by atoms with Gasteiger partial charge in [0.2, 0.25) is 0 Å². The smallest absolute Gasteiger partial charge is 0.341 e. The Labute approximate surface area is 145 Å². The average Bonchev–Trinajstić information content (AvgIpc) is 2.89. The number of aromatic nitrogens is 2. The van der Waals surface area contributed by atoms with Crippen molar-refractivity contribution in [3.8, 4) is 0 Å². The highest BCUT2D eigenvalue weighted by molar-refractivity contribution is 14.1. The summed E-state index contributed by atoms with van der Waals surface area (Å²) in [4.78, 5) is 16.2. The number of rotatable bonds is 4. The van der Waals surface area contributed by atoms with E-state index in [1.807, 2.05) is 22.6 Å². The number of carbonyl (C=O) groups excluding carboxylic acids is 1. The summed E-state index contributed by atoms with van der Waals surface area (Å²) in [5.41, 5.74) is 1.37. The lowest BCUT2D eigenvalue weighted by molar-refractivity contribution is 0.0528. The molecular weight excluding hydrogens is 412 g/mol. The lowest BCUT2D eigenvalue weighted by Crippen LogP contribution is -2.08. The summed E-state index contributed by atoms with van der Waals surface area (Å²) >= 11 is 2.04. The van der Waals surface area contributed by atoms with Crippen molar-refractivity contribution in [1.82, 2.24) is 9.38 Å². The van der Waals surface area contributed by atoms with E-state index in [2.05, 4.69) is 10.3 Å². The number of nitrogens with zero attached hydrogens (tertiary/aromatic N) is 2. The molecule has 0 amide bonds. The van der Waals surface area contributed by atoms with Gasteiger partial charge in [-0.15, -0.1) is 0 Å². The van der Waals surface area contributed by atoms with Gasteiger partial charge in [0, 0.05) is 9.77 Å². The molecule has 1 aromatic carbocycles. The Bertz CT molecular complexity index is 879. The molecule has 5 nitrogen and oxygen atoms in total. The van der Waals surface area contributed by atoms with E-state index in [1.165, 1.54) is 6.07 Å². The zero-order chi connectivity index (χ0) is 16.4. The van der Waals surface area contributed by atoms with Crippen molar-refractivity contribution in [2.75, 3.05) is 11.9 Å². The van der Waals surface area contributed by atoms with Crippen molar-refractivity contribution >= 4 is 45.6 Å². The number of hydrogen-bond donors (Lipinski definition) is 1. The number of fused-ring (bicyclic) bond motifs is 1. The van der Waals surface area contributed by atoms with Crippen molar-refractivity contribution < 1.29 is 13.9 Å². The SMILES string of the molecule is CCOC(=O)c1cc2ccncn2c1Nc1ccc(I)cc1F. The van der Waals surface area contributed by atoms with E-state index in [-0.39, 0.29) is 12.3 Å². The van der Waals surface area contributed by atoms with Crippen LogP contribution in [0.5, 0.6) is 0 Å². The summed E-state index contributed by atoms with van der Waals surface area (Å²) in [5, 5.41) is 2.97. The lowest BCUT2D eigenvalue weighted by Gasteiger charge is -2.10. The first-order valence-electron chi connectivity index (χ1n) is 6.94. The van der Waals surface area contributed by atoms with Gasteiger partial charge in [-0.1, -0.05) is 0 Å². The first-order valence-corrected chi connectivity index (χ1v) is 8.02. The van der Waals surface area contributed by atoms with Gasteiger partial charge in [0.25, 0.3) is 0 Å². The van der Waals surface area contributed by atoms with Crippen LogP contribution in [-0.4, -0.2) is 22.0 Å². The fraction of sp³-hybridized carbons (Fsp3) is 0.125. The van der Waals surface area contributed by atoms with Crippen LogP contribution in [0.25, 0.3) is 5.52 Å². The lowest BCUT2D eigenvalue weighted by atomic mass is 10.2. The topological polar surface area (TPSA) is 55.6 Å². The van der Waals surface area contributed by atoms with Gasteiger partial charge in [-0.25, -0.2) is 14.2 Å². The van der Waals surface area contributed by atoms with E-state index >= 15 is 0 Å². The number of anilines is 2. The van der Waals surface area contributed by atoms with E-state index in [4.69, 9.17) is 4.74 Å². The van der Waals surface area contributed by atoms with Crippen LogP contribution in [0.2, 0.25) is 0 Å². The molecule has 0 atom stereocenters. The fourth-order valence-corrected chi connectivity index (χ4v) is 2.69. The van der Waals surface area contributed by atoms with E-state index in [0.29, 0.717) is 11.4 Å². The zero-order valence-corrected chi connectivity index (χ0v) is 14.4. The molecule has 0 aliphatic rings. The highest BCUT2D eigenvalue weighted by atomic mass is 127. The Morgan fingerprint density at radius 1 is 1.39 bits per heavy atom. The number of esters is 1. The van der Waals surface area contributed by atoms with Gasteiger partial charge in [-0.2, -0.15) is 0 Å².